The van der Waals surface area contributed by atoms with E-state index in [1.165, 1.54) is 0 Å². The highest BCUT2D eigenvalue weighted by molar-refractivity contribution is 5.85. The molecule has 116 valence electrons. The molecule has 3 aliphatic rings. The fourth-order valence-electron chi connectivity index (χ4n) is 3.64. The molecule has 0 bridgehead atoms. The molecule has 0 aromatic heterocycles. The van der Waals surface area contributed by atoms with Gasteiger partial charge in [-0.15, -0.1) is 12.4 Å². The summed E-state index contributed by atoms with van der Waals surface area (Å²) in [5, 5.41) is 6.18. The van der Waals surface area contributed by atoms with Gasteiger partial charge in [0.15, 0.2) is 0 Å². The quantitative estimate of drug-likeness (QED) is 0.820. The van der Waals surface area contributed by atoms with Gasteiger partial charge in [0.2, 0.25) is 5.91 Å². The lowest BCUT2D eigenvalue weighted by molar-refractivity contribution is -0.186. The number of nitrogens with one attached hydrogen (secondary N) is 2. The molecule has 1 saturated heterocycles. The Morgan fingerprint density at radius 3 is 2.40 bits per heavy atom. The van der Waals surface area contributed by atoms with Crippen molar-refractivity contribution in [3.8, 4) is 0 Å². The van der Waals surface area contributed by atoms with Crippen molar-refractivity contribution in [1.29, 1.82) is 0 Å². The van der Waals surface area contributed by atoms with Crippen LogP contribution in [0.3, 0.4) is 0 Å². The van der Waals surface area contributed by atoms with Crippen LogP contribution in [-0.2, 0) is 4.79 Å². The fourth-order valence-corrected chi connectivity index (χ4v) is 3.64. The standard InChI is InChI=1S/C13H19F3N2O.ClH/c14-13(15,16)8-3-1-2-7(4-8)12(19)18-11-9-5-17-6-10(9)11;/h7-11,17H,1-6H2,(H,18,19);1H. The monoisotopic (exact) mass is 312 g/mol. The van der Waals surface area contributed by atoms with Crippen LogP contribution in [0.1, 0.15) is 25.7 Å². The highest BCUT2D eigenvalue weighted by Gasteiger charge is 2.54. The normalized spacial score (nSPS) is 39.6. The maximum atomic E-state index is 12.7. The highest BCUT2D eigenvalue weighted by Crippen LogP contribution is 2.43. The summed E-state index contributed by atoms with van der Waals surface area (Å²) in [4.78, 5) is 12.1. The van der Waals surface area contributed by atoms with Gasteiger partial charge < -0.3 is 10.6 Å². The fraction of sp³-hybridized carbons (Fsp3) is 0.923. The molecule has 2 saturated carbocycles. The molecule has 4 atom stereocenters. The van der Waals surface area contributed by atoms with Crippen LogP contribution >= 0.6 is 12.4 Å². The first-order valence-corrected chi connectivity index (χ1v) is 7.04. The molecule has 1 aliphatic heterocycles. The second kappa shape index (κ2) is 5.72. The third kappa shape index (κ3) is 3.06. The number of piperidine rings is 1. The summed E-state index contributed by atoms with van der Waals surface area (Å²) in [6, 6.07) is 0.208. The van der Waals surface area contributed by atoms with Gasteiger partial charge in [0.25, 0.3) is 0 Å². The highest BCUT2D eigenvalue weighted by atomic mass is 35.5. The second-order valence-electron chi connectivity index (χ2n) is 6.12. The number of amides is 1. The van der Waals surface area contributed by atoms with E-state index in [0.717, 1.165) is 13.1 Å². The van der Waals surface area contributed by atoms with Crippen LogP contribution in [0.5, 0.6) is 0 Å². The minimum Gasteiger partial charge on any atom is -0.352 e. The average molecular weight is 313 g/mol. The molecule has 2 aliphatic carbocycles. The third-order valence-corrected chi connectivity index (χ3v) is 4.91. The van der Waals surface area contributed by atoms with Gasteiger partial charge in [-0.25, -0.2) is 0 Å². The summed E-state index contributed by atoms with van der Waals surface area (Å²) in [5.74, 6) is -0.891. The summed E-state index contributed by atoms with van der Waals surface area (Å²) in [5.41, 5.74) is 0. The number of carbonyl (C=O) groups is 1. The molecule has 0 spiro atoms. The van der Waals surface area contributed by atoms with E-state index in [4.69, 9.17) is 0 Å². The Morgan fingerprint density at radius 1 is 1.15 bits per heavy atom. The minimum absolute atomic E-state index is 0. The molecule has 3 rings (SSSR count). The molecule has 2 N–H and O–H groups in total. The second-order valence-corrected chi connectivity index (χ2v) is 6.12. The lowest BCUT2D eigenvalue weighted by Crippen LogP contribution is -2.40. The van der Waals surface area contributed by atoms with E-state index in [0.29, 0.717) is 24.7 Å². The molecule has 4 unspecified atom stereocenters. The zero-order chi connectivity index (χ0) is 13.6. The van der Waals surface area contributed by atoms with E-state index in [1.54, 1.807) is 0 Å². The molecule has 3 nitrogen and oxygen atoms in total. The zero-order valence-corrected chi connectivity index (χ0v) is 11.9. The maximum Gasteiger partial charge on any atom is 0.391 e. The Bertz CT molecular complexity index is 367. The zero-order valence-electron chi connectivity index (χ0n) is 11.1. The lowest BCUT2D eigenvalue weighted by atomic mass is 9.80. The minimum atomic E-state index is -4.15. The Kier molecular flexibility index (Phi) is 4.54. The van der Waals surface area contributed by atoms with Crippen LogP contribution in [0.25, 0.3) is 0 Å². The number of halogens is 4. The summed E-state index contributed by atoms with van der Waals surface area (Å²) in [6.45, 7) is 1.84. The van der Waals surface area contributed by atoms with Gasteiger partial charge in [0.05, 0.1) is 5.92 Å². The van der Waals surface area contributed by atoms with Gasteiger partial charge in [-0.1, -0.05) is 6.42 Å². The van der Waals surface area contributed by atoms with Gasteiger partial charge in [-0.3, -0.25) is 4.79 Å². The van der Waals surface area contributed by atoms with Crippen molar-refractivity contribution in [1.82, 2.24) is 10.6 Å². The largest absolute Gasteiger partial charge is 0.391 e. The predicted molar refractivity (Wildman–Crippen MR) is 70.5 cm³/mol. The summed E-state index contributed by atoms with van der Waals surface area (Å²) < 4.78 is 38.1. The molecule has 7 heteroatoms. The number of alkyl halides is 3. The van der Waals surface area contributed by atoms with Gasteiger partial charge in [-0.05, 0) is 31.1 Å². The van der Waals surface area contributed by atoms with Crippen molar-refractivity contribution in [2.45, 2.75) is 37.9 Å². The van der Waals surface area contributed by atoms with Crippen LogP contribution in [0.4, 0.5) is 13.2 Å². The molecule has 3 fully saturated rings. The molecule has 0 radical (unpaired) electrons. The van der Waals surface area contributed by atoms with E-state index in [9.17, 15) is 18.0 Å². The third-order valence-electron chi connectivity index (χ3n) is 4.91. The van der Waals surface area contributed by atoms with E-state index in [-0.39, 0.29) is 37.2 Å². The van der Waals surface area contributed by atoms with Crippen LogP contribution < -0.4 is 10.6 Å². The SMILES string of the molecule is Cl.O=C(NC1C2CNCC21)C1CCCC(C(F)(F)F)C1. The first kappa shape index (κ1) is 15.9. The first-order chi connectivity index (χ1) is 8.97. The topological polar surface area (TPSA) is 41.1 Å². The smallest absolute Gasteiger partial charge is 0.352 e. The molecule has 1 amide bonds. The molecule has 0 aromatic rings. The van der Waals surface area contributed by atoms with Crippen molar-refractivity contribution < 1.29 is 18.0 Å². The summed E-state index contributed by atoms with van der Waals surface area (Å²) >= 11 is 0. The number of fused-ring (bicyclic) bond motifs is 1. The number of rotatable bonds is 2. The van der Waals surface area contributed by atoms with Crippen LogP contribution in [0.2, 0.25) is 0 Å². The van der Waals surface area contributed by atoms with Crippen LogP contribution in [0, 0.1) is 23.7 Å². The summed E-state index contributed by atoms with van der Waals surface area (Å²) in [7, 11) is 0. The molecule has 0 aromatic carbocycles. The molecular formula is C13H20ClF3N2O. The van der Waals surface area contributed by atoms with E-state index in [1.807, 2.05) is 0 Å². The maximum absolute atomic E-state index is 12.7. The van der Waals surface area contributed by atoms with Crippen molar-refractivity contribution in [2.75, 3.05) is 13.1 Å². The van der Waals surface area contributed by atoms with E-state index in [2.05, 4.69) is 10.6 Å². The van der Waals surface area contributed by atoms with Crippen molar-refractivity contribution in [3.63, 3.8) is 0 Å². The van der Waals surface area contributed by atoms with Crippen LogP contribution in [-0.4, -0.2) is 31.2 Å². The van der Waals surface area contributed by atoms with E-state index >= 15 is 0 Å². The van der Waals surface area contributed by atoms with Crippen molar-refractivity contribution >= 4 is 18.3 Å². The lowest BCUT2D eigenvalue weighted by Gasteiger charge is -2.29. The first-order valence-electron chi connectivity index (χ1n) is 7.04. The average Bonchev–Trinajstić information content (AvgIpc) is 2.81. The number of carbonyl (C=O) groups excluding carboxylic acids is 1. The van der Waals surface area contributed by atoms with E-state index < -0.39 is 18.0 Å². The molecule has 1 heterocycles. The Balaban J connectivity index is 0.00000147. The van der Waals surface area contributed by atoms with Gasteiger partial charge in [0.1, 0.15) is 0 Å². The van der Waals surface area contributed by atoms with Gasteiger partial charge in [0, 0.05) is 25.0 Å². The molecule has 20 heavy (non-hydrogen) atoms. The summed E-state index contributed by atoms with van der Waals surface area (Å²) in [6.07, 6.45) is -2.92. The molecular weight excluding hydrogens is 293 g/mol. The Hall–Kier alpha value is -0.490. The van der Waals surface area contributed by atoms with Crippen molar-refractivity contribution in [3.05, 3.63) is 0 Å². The van der Waals surface area contributed by atoms with Gasteiger partial charge >= 0.3 is 6.18 Å². The Morgan fingerprint density at radius 2 is 1.80 bits per heavy atom. The van der Waals surface area contributed by atoms with Crippen LogP contribution in [0.15, 0.2) is 0 Å². The van der Waals surface area contributed by atoms with Crippen molar-refractivity contribution in [2.24, 2.45) is 23.7 Å². The number of hydrogen-bond donors (Lipinski definition) is 2. The van der Waals surface area contributed by atoms with Gasteiger partial charge in [-0.2, -0.15) is 13.2 Å². The number of hydrogen-bond acceptors (Lipinski definition) is 2. The Labute approximate surface area is 122 Å². The predicted octanol–water partition coefficient (Wildman–Crippen LogP) is 2.11.